The summed E-state index contributed by atoms with van der Waals surface area (Å²) in [5.74, 6) is 0. The molecule has 1 aliphatic heterocycles. The Bertz CT molecular complexity index is 229. The second-order valence-electron chi connectivity index (χ2n) is 5.06. The van der Waals surface area contributed by atoms with E-state index in [0.29, 0.717) is 6.54 Å². The number of carbonyl (C=O) groups is 1. The van der Waals surface area contributed by atoms with Crippen molar-refractivity contribution in [2.75, 3.05) is 13.1 Å². The highest BCUT2D eigenvalue weighted by atomic mass is 35.5. The fourth-order valence-electron chi connectivity index (χ4n) is 1.81. The maximum absolute atomic E-state index is 11.8. The van der Waals surface area contributed by atoms with Crippen molar-refractivity contribution in [1.82, 2.24) is 4.90 Å². The van der Waals surface area contributed by atoms with Gasteiger partial charge in [-0.15, -0.1) is 12.4 Å². The molecule has 0 aromatic carbocycles. The van der Waals surface area contributed by atoms with Gasteiger partial charge in [0.1, 0.15) is 5.60 Å². The zero-order valence-electron chi connectivity index (χ0n) is 10.4. The van der Waals surface area contributed by atoms with Crippen molar-refractivity contribution in [1.29, 1.82) is 0 Å². The Morgan fingerprint density at radius 3 is 2.56 bits per heavy atom. The van der Waals surface area contributed by atoms with Crippen LogP contribution in [0.5, 0.6) is 0 Å². The minimum atomic E-state index is -0.423. The molecular formula is C11H23ClN2O2. The van der Waals surface area contributed by atoms with Crippen LogP contribution in [0.15, 0.2) is 0 Å². The molecule has 2 N–H and O–H groups in total. The molecule has 0 unspecified atom stereocenters. The molecule has 1 saturated heterocycles. The van der Waals surface area contributed by atoms with Gasteiger partial charge in [0.25, 0.3) is 0 Å². The van der Waals surface area contributed by atoms with E-state index in [4.69, 9.17) is 10.5 Å². The predicted octanol–water partition coefficient (Wildman–Crippen LogP) is 2.16. The molecule has 96 valence electrons. The Morgan fingerprint density at radius 2 is 2.06 bits per heavy atom. The molecule has 0 aromatic heterocycles. The summed E-state index contributed by atoms with van der Waals surface area (Å²) in [7, 11) is 0. The van der Waals surface area contributed by atoms with Gasteiger partial charge in [-0.1, -0.05) is 0 Å². The number of hydrogen-bond acceptors (Lipinski definition) is 3. The lowest BCUT2D eigenvalue weighted by molar-refractivity contribution is 0.0109. The first kappa shape index (κ1) is 15.5. The zero-order chi connectivity index (χ0) is 11.5. The van der Waals surface area contributed by atoms with Crippen LogP contribution in [0.1, 0.15) is 40.0 Å². The van der Waals surface area contributed by atoms with Crippen molar-refractivity contribution in [3.63, 3.8) is 0 Å². The second-order valence-corrected chi connectivity index (χ2v) is 5.06. The van der Waals surface area contributed by atoms with Crippen LogP contribution in [-0.4, -0.2) is 35.7 Å². The third-order valence-corrected chi connectivity index (χ3v) is 2.53. The summed E-state index contributed by atoms with van der Waals surface area (Å²) in [6.45, 7) is 6.95. The smallest absolute Gasteiger partial charge is 0.410 e. The van der Waals surface area contributed by atoms with Gasteiger partial charge in [-0.05, 0) is 40.0 Å². The molecule has 1 fully saturated rings. The molecule has 0 aliphatic carbocycles. The normalized spacial score (nSPS) is 21.2. The van der Waals surface area contributed by atoms with Crippen molar-refractivity contribution in [2.45, 2.75) is 51.7 Å². The minimum Gasteiger partial charge on any atom is -0.444 e. The number of nitrogens with two attached hydrogens (primary N) is 1. The summed E-state index contributed by atoms with van der Waals surface area (Å²) >= 11 is 0. The van der Waals surface area contributed by atoms with E-state index < -0.39 is 5.60 Å². The van der Waals surface area contributed by atoms with Crippen LogP contribution < -0.4 is 5.73 Å². The first-order valence-corrected chi connectivity index (χ1v) is 5.64. The lowest BCUT2D eigenvalue weighted by Gasteiger charge is -2.36. The number of amides is 1. The maximum atomic E-state index is 11.8. The summed E-state index contributed by atoms with van der Waals surface area (Å²) in [4.78, 5) is 13.6. The molecule has 5 heteroatoms. The third kappa shape index (κ3) is 4.58. The second kappa shape index (κ2) is 6.30. The van der Waals surface area contributed by atoms with E-state index in [2.05, 4.69) is 0 Å². The van der Waals surface area contributed by atoms with Gasteiger partial charge in [0.05, 0.1) is 0 Å². The van der Waals surface area contributed by atoms with E-state index in [9.17, 15) is 4.79 Å². The number of piperidine rings is 1. The van der Waals surface area contributed by atoms with Crippen molar-refractivity contribution in [2.24, 2.45) is 5.73 Å². The molecule has 0 radical (unpaired) electrons. The lowest BCUT2D eigenvalue weighted by Crippen LogP contribution is -2.49. The van der Waals surface area contributed by atoms with Gasteiger partial charge in [-0.3, -0.25) is 0 Å². The molecular weight excluding hydrogens is 228 g/mol. The molecule has 16 heavy (non-hydrogen) atoms. The van der Waals surface area contributed by atoms with Gasteiger partial charge in [0.2, 0.25) is 0 Å². The zero-order valence-corrected chi connectivity index (χ0v) is 11.2. The predicted molar refractivity (Wildman–Crippen MR) is 66.9 cm³/mol. The van der Waals surface area contributed by atoms with Crippen LogP contribution in [0, 0.1) is 0 Å². The number of carbonyl (C=O) groups excluding carboxylic acids is 1. The van der Waals surface area contributed by atoms with Crippen molar-refractivity contribution in [3.05, 3.63) is 0 Å². The van der Waals surface area contributed by atoms with Crippen LogP contribution >= 0.6 is 12.4 Å². The topological polar surface area (TPSA) is 55.6 Å². The van der Waals surface area contributed by atoms with Crippen molar-refractivity contribution >= 4 is 18.5 Å². The van der Waals surface area contributed by atoms with Crippen LogP contribution in [-0.2, 0) is 4.74 Å². The first-order valence-electron chi connectivity index (χ1n) is 5.64. The Hall–Kier alpha value is -0.480. The van der Waals surface area contributed by atoms with E-state index in [1.807, 2.05) is 20.8 Å². The summed E-state index contributed by atoms with van der Waals surface area (Å²) in [6.07, 6.45) is 2.98. The maximum Gasteiger partial charge on any atom is 0.410 e. The molecule has 0 spiro atoms. The average Bonchev–Trinajstić information content (AvgIpc) is 2.15. The molecule has 0 aromatic rings. The number of ether oxygens (including phenoxy) is 1. The van der Waals surface area contributed by atoms with Crippen LogP contribution in [0.25, 0.3) is 0 Å². The van der Waals surface area contributed by atoms with E-state index >= 15 is 0 Å². The average molecular weight is 251 g/mol. The van der Waals surface area contributed by atoms with Crippen LogP contribution in [0.4, 0.5) is 4.79 Å². The molecule has 1 heterocycles. The monoisotopic (exact) mass is 250 g/mol. The van der Waals surface area contributed by atoms with Gasteiger partial charge in [-0.25, -0.2) is 4.79 Å². The number of hydrogen-bond donors (Lipinski definition) is 1. The fraction of sp³-hybridized carbons (Fsp3) is 0.909. The number of rotatable bonds is 1. The Morgan fingerprint density at radius 1 is 1.44 bits per heavy atom. The van der Waals surface area contributed by atoms with Crippen LogP contribution in [0.3, 0.4) is 0 Å². The molecule has 0 bridgehead atoms. The van der Waals surface area contributed by atoms with Gasteiger partial charge in [0.15, 0.2) is 0 Å². The van der Waals surface area contributed by atoms with Gasteiger partial charge in [-0.2, -0.15) is 0 Å². The highest BCUT2D eigenvalue weighted by Gasteiger charge is 2.29. The van der Waals surface area contributed by atoms with E-state index in [1.165, 1.54) is 0 Å². The van der Waals surface area contributed by atoms with E-state index in [1.54, 1.807) is 4.90 Å². The number of nitrogens with zero attached hydrogens (tertiary/aromatic N) is 1. The van der Waals surface area contributed by atoms with E-state index in [-0.39, 0.29) is 24.5 Å². The molecule has 0 saturated carbocycles. The summed E-state index contributed by atoms with van der Waals surface area (Å²) < 4.78 is 5.34. The van der Waals surface area contributed by atoms with Crippen molar-refractivity contribution in [3.8, 4) is 0 Å². The largest absolute Gasteiger partial charge is 0.444 e. The Balaban J connectivity index is 0.00000225. The molecule has 1 atom stereocenters. The molecule has 1 rings (SSSR count). The summed E-state index contributed by atoms with van der Waals surface area (Å²) in [6, 6.07) is 0.161. The Kier molecular flexibility index (Phi) is 6.11. The summed E-state index contributed by atoms with van der Waals surface area (Å²) in [5, 5.41) is 0. The van der Waals surface area contributed by atoms with Gasteiger partial charge < -0.3 is 15.4 Å². The van der Waals surface area contributed by atoms with Crippen molar-refractivity contribution < 1.29 is 9.53 Å². The lowest BCUT2D eigenvalue weighted by atomic mass is 10.0. The number of likely N-dealkylation sites (tertiary alicyclic amines) is 1. The van der Waals surface area contributed by atoms with Crippen LogP contribution in [0.2, 0.25) is 0 Å². The summed E-state index contributed by atoms with van der Waals surface area (Å²) in [5.41, 5.74) is 5.22. The van der Waals surface area contributed by atoms with Gasteiger partial charge in [0, 0.05) is 19.1 Å². The quantitative estimate of drug-likeness (QED) is 0.776. The first-order chi connectivity index (χ1) is 6.94. The number of halogens is 1. The minimum absolute atomic E-state index is 0. The standard InChI is InChI=1S/C11H22N2O2.ClH/c1-11(2,3)15-10(14)13-7-5-4-6-9(13)8-12;/h9H,4-8,12H2,1-3H3;1H/t9-;/m0./s1. The van der Waals surface area contributed by atoms with E-state index in [0.717, 1.165) is 25.8 Å². The highest BCUT2D eigenvalue weighted by molar-refractivity contribution is 5.85. The molecule has 1 aliphatic rings. The molecule has 1 amide bonds. The van der Waals surface area contributed by atoms with Gasteiger partial charge >= 0.3 is 6.09 Å². The highest BCUT2D eigenvalue weighted by Crippen LogP contribution is 2.19. The fourth-order valence-corrected chi connectivity index (χ4v) is 1.81. The third-order valence-electron chi connectivity index (χ3n) is 2.53. The molecule has 4 nitrogen and oxygen atoms in total. The SMILES string of the molecule is CC(C)(C)OC(=O)N1CCCC[C@H]1CN.Cl. The Labute approximate surface area is 104 Å².